The molecule has 1 N–H and O–H groups in total. The summed E-state index contributed by atoms with van der Waals surface area (Å²) in [5.41, 5.74) is -2.19. The van der Waals surface area contributed by atoms with E-state index in [9.17, 15) is 19.2 Å². The van der Waals surface area contributed by atoms with Crippen LogP contribution in [-0.2, 0) is 20.9 Å². The summed E-state index contributed by atoms with van der Waals surface area (Å²) in [7, 11) is 0. The number of aromatic amines is 1. The molecule has 1 fully saturated rings. The van der Waals surface area contributed by atoms with Gasteiger partial charge in [-0.25, -0.2) is 4.68 Å². The summed E-state index contributed by atoms with van der Waals surface area (Å²) >= 11 is 0. The highest BCUT2D eigenvalue weighted by Gasteiger charge is 2.47. The summed E-state index contributed by atoms with van der Waals surface area (Å²) in [5, 5.41) is 2.28. The monoisotopic (exact) mass is 294 g/mol. The van der Waals surface area contributed by atoms with Gasteiger partial charge in [0.25, 0.3) is 11.1 Å². The molecule has 1 aromatic heterocycles. The van der Waals surface area contributed by atoms with Gasteiger partial charge in [-0.2, -0.15) is 0 Å². The van der Waals surface area contributed by atoms with Crippen LogP contribution in [-0.4, -0.2) is 27.1 Å². The predicted octanol–water partition coefficient (Wildman–Crippen LogP) is 0.228. The van der Waals surface area contributed by atoms with Crippen molar-refractivity contribution in [1.82, 2.24) is 9.78 Å². The maximum Gasteiger partial charge on any atom is 0.310 e. The number of carbonyl (C=O) groups is 2. The fourth-order valence-corrected chi connectivity index (χ4v) is 2.53. The van der Waals surface area contributed by atoms with Gasteiger partial charge >= 0.3 is 5.97 Å². The molecular formula is C14H18N2O5. The first-order valence-corrected chi connectivity index (χ1v) is 6.92. The van der Waals surface area contributed by atoms with Crippen LogP contribution >= 0.6 is 0 Å². The Morgan fingerprint density at radius 1 is 1.43 bits per heavy atom. The van der Waals surface area contributed by atoms with E-state index < -0.39 is 22.5 Å². The van der Waals surface area contributed by atoms with Crippen LogP contribution in [0, 0.1) is 5.92 Å². The number of rotatable bonds is 5. The Bertz CT molecular complexity index is 674. The molecule has 2 heterocycles. The van der Waals surface area contributed by atoms with Gasteiger partial charge in [-0.1, -0.05) is 13.3 Å². The Balaban J connectivity index is 2.17. The number of ketones is 1. The smallest absolute Gasteiger partial charge is 0.310 e. The lowest BCUT2D eigenvalue weighted by atomic mass is 9.89. The van der Waals surface area contributed by atoms with Gasteiger partial charge in [-0.3, -0.25) is 24.3 Å². The summed E-state index contributed by atoms with van der Waals surface area (Å²) < 4.78 is 6.15. The van der Waals surface area contributed by atoms with Crippen molar-refractivity contribution in [2.24, 2.45) is 5.92 Å². The zero-order valence-electron chi connectivity index (χ0n) is 12.0. The molecule has 0 radical (unpaired) electrons. The molecule has 1 aromatic rings. The topological polar surface area (TPSA) is 98.2 Å². The highest BCUT2D eigenvalue weighted by Crippen LogP contribution is 2.34. The molecule has 7 nitrogen and oxygen atoms in total. The number of hydrogen-bond donors (Lipinski definition) is 1. The van der Waals surface area contributed by atoms with Crippen LogP contribution in [0.4, 0.5) is 0 Å². The zero-order chi connectivity index (χ0) is 15.6. The Kier molecular flexibility index (Phi) is 4.11. The van der Waals surface area contributed by atoms with E-state index in [0.29, 0.717) is 12.8 Å². The third-order valence-electron chi connectivity index (χ3n) is 3.71. The first-order valence-electron chi connectivity index (χ1n) is 6.92. The molecule has 0 saturated carbocycles. The summed E-state index contributed by atoms with van der Waals surface area (Å²) in [6, 6.07) is 2.19. The van der Waals surface area contributed by atoms with Crippen LogP contribution in [0.3, 0.4) is 0 Å². The molecule has 0 unspecified atom stereocenters. The second-order valence-corrected chi connectivity index (χ2v) is 5.50. The maximum absolute atomic E-state index is 12.3. The van der Waals surface area contributed by atoms with Crippen LogP contribution < -0.4 is 11.1 Å². The SMILES string of the molecule is CCC[C@@H]1C[C@@](C)(C(=O)Cn2[nH]c(=O)ccc2=O)OC1=O. The lowest BCUT2D eigenvalue weighted by molar-refractivity contribution is -0.157. The van der Waals surface area contributed by atoms with E-state index in [1.54, 1.807) is 6.92 Å². The second kappa shape index (κ2) is 5.67. The van der Waals surface area contributed by atoms with Crippen molar-refractivity contribution in [2.45, 2.75) is 45.3 Å². The molecule has 0 spiro atoms. The molecule has 1 aliphatic heterocycles. The first-order chi connectivity index (χ1) is 9.85. The fraction of sp³-hybridized carbons (Fsp3) is 0.571. The van der Waals surface area contributed by atoms with E-state index >= 15 is 0 Å². The average Bonchev–Trinajstić information content (AvgIpc) is 2.71. The highest BCUT2D eigenvalue weighted by molar-refractivity contribution is 5.92. The van der Waals surface area contributed by atoms with Gasteiger partial charge in [0.1, 0.15) is 6.54 Å². The highest BCUT2D eigenvalue weighted by atomic mass is 16.6. The number of ether oxygens (including phenoxy) is 1. The van der Waals surface area contributed by atoms with E-state index in [2.05, 4.69) is 5.10 Å². The molecule has 2 atom stereocenters. The Hall–Kier alpha value is -2.18. The summed E-state index contributed by atoms with van der Waals surface area (Å²) in [5.74, 6) is -1.06. The van der Waals surface area contributed by atoms with Gasteiger partial charge in [-0.15, -0.1) is 0 Å². The molecular weight excluding hydrogens is 276 g/mol. The molecule has 7 heteroatoms. The van der Waals surface area contributed by atoms with E-state index in [1.165, 1.54) is 0 Å². The molecule has 0 amide bonds. The Morgan fingerprint density at radius 3 is 2.81 bits per heavy atom. The van der Waals surface area contributed by atoms with Crippen LogP contribution in [0.2, 0.25) is 0 Å². The third-order valence-corrected chi connectivity index (χ3v) is 3.71. The first kappa shape index (κ1) is 15.2. The second-order valence-electron chi connectivity index (χ2n) is 5.50. The number of H-pyrrole nitrogens is 1. The quantitative estimate of drug-likeness (QED) is 0.784. The maximum atomic E-state index is 12.3. The molecule has 21 heavy (non-hydrogen) atoms. The number of esters is 1. The van der Waals surface area contributed by atoms with Crippen LogP contribution in [0.1, 0.15) is 33.1 Å². The number of aromatic nitrogens is 2. The summed E-state index contributed by atoms with van der Waals surface area (Å²) in [6.07, 6.45) is 1.81. The predicted molar refractivity (Wildman–Crippen MR) is 73.8 cm³/mol. The molecule has 0 aromatic carbocycles. The van der Waals surface area contributed by atoms with Gasteiger partial charge in [0.15, 0.2) is 11.4 Å². The number of nitrogens with zero attached hydrogens (tertiary/aromatic N) is 1. The molecule has 0 bridgehead atoms. The van der Waals surface area contributed by atoms with Gasteiger partial charge in [0.05, 0.1) is 5.92 Å². The van der Waals surface area contributed by atoms with Gasteiger partial charge < -0.3 is 4.74 Å². The molecule has 1 aliphatic rings. The number of carbonyl (C=O) groups excluding carboxylic acids is 2. The Labute approximate surface area is 120 Å². The molecule has 114 valence electrons. The number of hydrogen-bond acceptors (Lipinski definition) is 5. The number of Topliss-reactive ketones (excluding diaryl/α,β-unsaturated/α-hetero) is 1. The molecule has 2 rings (SSSR count). The minimum absolute atomic E-state index is 0.282. The van der Waals surface area contributed by atoms with Crippen LogP contribution in [0.5, 0.6) is 0 Å². The van der Waals surface area contributed by atoms with E-state index in [-0.39, 0.29) is 18.4 Å². The van der Waals surface area contributed by atoms with Gasteiger partial charge in [0, 0.05) is 18.6 Å². The standard InChI is InChI=1S/C14H18N2O5/c1-3-4-9-7-14(2,21-13(9)20)10(17)8-16-12(19)6-5-11(18)15-16/h5-6,9H,3-4,7-8H2,1-2H3,(H,15,18)/t9-,14+/m1/s1. The van der Waals surface area contributed by atoms with Crippen molar-refractivity contribution >= 4 is 11.8 Å². The minimum Gasteiger partial charge on any atom is -0.451 e. The van der Waals surface area contributed by atoms with Crippen molar-refractivity contribution in [3.05, 3.63) is 32.8 Å². The normalized spacial score (nSPS) is 24.9. The van der Waals surface area contributed by atoms with Gasteiger partial charge in [0.2, 0.25) is 0 Å². The zero-order valence-corrected chi connectivity index (χ0v) is 12.0. The number of nitrogens with one attached hydrogen (secondary N) is 1. The van der Waals surface area contributed by atoms with Crippen LogP contribution in [0.25, 0.3) is 0 Å². The van der Waals surface area contributed by atoms with Crippen molar-refractivity contribution in [1.29, 1.82) is 0 Å². The van der Waals surface area contributed by atoms with Gasteiger partial charge in [-0.05, 0) is 13.3 Å². The number of cyclic esters (lactones) is 1. The lowest BCUT2D eigenvalue weighted by Gasteiger charge is -2.21. The fourth-order valence-electron chi connectivity index (χ4n) is 2.53. The summed E-state index contributed by atoms with van der Waals surface area (Å²) in [4.78, 5) is 46.9. The molecule has 1 saturated heterocycles. The van der Waals surface area contributed by atoms with Crippen molar-refractivity contribution in [3.8, 4) is 0 Å². The van der Waals surface area contributed by atoms with E-state index in [1.807, 2.05) is 6.92 Å². The van der Waals surface area contributed by atoms with Crippen molar-refractivity contribution in [2.75, 3.05) is 0 Å². The summed E-state index contributed by atoms with van der Waals surface area (Å²) in [6.45, 7) is 3.19. The van der Waals surface area contributed by atoms with Crippen LogP contribution in [0.15, 0.2) is 21.7 Å². The van der Waals surface area contributed by atoms with E-state index in [4.69, 9.17) is 4.74 Å². The average molecular weight is 294 g/mol. The lowest BCUT2D eigenvalue weighted by Crippen LogP contribution is -2.41. The minimum atomic E-state index is -1.23. The largest absolute Gasteiger partial charge is 0.451 e. The third kappa shape index (κ3) is 3.12. The molecule has 0 aliphatic carbocycles. The van der Waals surface area contributed by atoms with E-state index in [0.717, 1.165) is 23.2 Å². The van der Waals surface area contributed by atoms with Crippen molar-refractivity contribution < 1.29 is 14.3 Å². The Morgan fingerprint density at radius 2 is 2.14 bits per heavy atom. The van der Waals surface area contributed by atoms with Crippen molar-refractivity contribution in [3.63, 3.8) is 0 Å².